The Morgan fingerprint density at radius 3 is 1.90 bits per heavy atom. The first-order valence-electron chi connectivity index (χ1n) is 7.87. The molecule has 0 aliphatic rings. The molecule has 0 heterocycles. The van der Waals surface area contributed by atoms with Gasteiger partial charge in [0, 0.05) is 6.42 Å². The maximum atomic E-state index is 12.9. The van der Waals surface area contributed by atoms with Crippen LogP contribution in [-0.2, 0) is 11.2 Å². The largest absolute Gasteiger partial charge is 0.297 e. The van der Waals surface area contributed by atoms with Crippen molar-refractivity contribution in [3.8, 4) is 0 Å². The van der Waals surface area contributed by atoms with Crippen LogP contribution in [0.25, 0.3) is 0 Å². The second-order valence-corrected chi connectivity index (χ2v) is 5.50. The number of rotatable bonds is 8. The summed E-state index contributed by atoms with van der Waals surface area (Å²) in [5, 5.41) is 0. The molecule has 20 heavy (non-hydrogen) atoms. The van der Waals surface area contributed by atoms with E-state index in [-0.39, 0.29) is 5.54 Å². The summed E-state index contributed by atoms with van der Waals surface area (Å²) >= 11 is 0. The van der Waals surface area contributed by atoms with E-state index in [1.807, 2.05) is 0 Å². The predicted octanol–water partition coefficient (Wildman–Crippen LogP) is 4.01. The van der Waals surface area contributed by atoms with Crippen molar-refractivity contribution in [1.82, 2.24) is 4.90 Å². The number of hydrogen-bond donors (Lipinski definition) is 0. The molecule has 1 aromatic carbocycles. The van der Waals surface area contributed by atoms with Gasteiger partial charge in [-0.05, 0) is 38.4 Å². The normalized spacial score (nSPS) is 11.9. The van der Waals surface area contributed by atoms with Crippen LogP contribution in [0.2, 0.25) is 0 Å². The third kappa shape index (κ3) is 3.49. The summed E-state index contributed by atoms with van der Waals surface area (Å²) in [5.41, 5.74) is 2.07. The Hall–Kier alpha value is -1.15. The van der Waals surface area contributed by atoms with Crippen molar-refractivity contribution < 1.29 is 4.79 Å². The van der Waals surface area contributed by atoms with Gasteiger partial charge in [0.25, 0.3) is 0 Å². The second-order valence-electron chi connectivity index (χ2n) is 5.50. The number of nitrogens with zero attached hydrogens (tertiary/aromatic N) is 1. The molecule has 112 valence electrons. The molecule has 0 aliphatic heterocycles. The van der Waals surface area contributed by atoms with Gasteiger partial charge in [0.05, 0.1) is 5.54 Å². The molecule has 2 heteroatoms. The van der Waals surface area contributed by atoms with Crippen molar-refractivity contribution in [2.45, 2.75) is 59.4 Å². The lowest BCUT2D eigenvalue weighted by Gasteiger charge is -2.41. The highest BCUT2D eigenvalue weighted by Gasteiger charge is 2.38. The molecule has 0 spiro atoms. The van der Waals surface area contributed by atoms with Crippen molar-refractivity contribution in [2.24, 2.45) is 0 Å². The number of likely N-dealkylation sites (N-methyl/N-ethyl adjacent to an activating group) is 1. The lowest BCUT2D eigenvalue weighted by Crippen LogP contribution is -2.54. The van der Waals surface area contributed by atoms with E-state index in [1.165, 1.54) is 5.56 Å². The lowest BCUT2D eigenvalue weighted by atomic mass is 9.83. The quantitative estimate of drug-likeness (QED) is 0.714. The summed E-state index contributed by atoms with van der Waals surface area (Å²) < 4.78 is 0. The maximum absolute atomic E-state index is 12.9. The number of hydrogen-bond acceptors (Lipinski definition) is 2. The Balaban J connectivity index is 2.96. The standard InChI is InChI=1S/C18H29NO/c1-6-18(7-2,19(8-3)9-4)17(20)14-16-12-10-15(5)11-13-16/h10-13H,6-9,14H2,1-5H3. The highest BCUT2D eigenvalue weighted by atomic mass is 16.1. The van der Waals surface area contributed by atoms with Gasteiger partial charge in [0.2, 0.25) is 0 Å². The average molecular weight is 275 g/mol. The topological polar surface area (TPSA) is 20.3 Å². The van der Waals surface area contributed by atoms with Gasteiger partial charge in [-0.3, -0.25) is 9.69 Å². The molecule has 0 saturated carbocycles. The zero-order chi connectivity index (χ0) is 15.2. The average Bonchev–Trinajstić information content (AvgIpc) is 2.47. The SMILES string of the molecule is CCN(CC)C(CC)(CC)C(=O)Cc1ccc(C)cc1. The molecule has 2 nitrogen and oxygen atoms in total. The molecule has 0 aromatic heterocycles. The number of aryl methyl sites for hydroxylation is 1. The Labute approximate surface area is 124 Å². The number of carbonyl (C=O) groups excluding carboxylic acids is 1. The van der Waals surface area contributed by atoms with Crippen molar-refractivity contribution in [3.63, 3.8) is 0 Å². The first-order valence-corrected chi connectivity index (χ1v) is 7.87. The molecule has 0 N–H and O–H groups in total. The number of carbonyl (C=O) groups is 1. The second kappa shape index (κ2) is 7.58. The Morgan fingerprint density at radius 1 is 1.00 bits per heavy atom. The summed E-state index contributed by atoms with van der Waals surface area (Å²) in [4.78, 5) is 15.2. The molecule has 0 bridgehead atoms. The fraction of sp³-hybridized carbons (Fsp3) is 0.611. The van der Waals surface area contributed by atoms with E-state index in [2.05, 4.69) is 63.8 Å². The Kier molecular flexibility index (Phi) is 6.41. The van der Waals surface area contributed by atoms with Crippen molar-refractivity contribution >= 4 is 5.78 Å². The smallest absolute Gasteiger partial charge is 0.157 e. The van der Waals surface area contributed by atoms with Gasteiger partial charge in [-0.2, -0.15) is 0 Å². The van der Waals surface area contributed by atoms with Gasteiger partial charge in [0.1, 0.15) is 0 Å². The molecule has 0 saturated heterocycles. The first kappa shape index (κ1) is 16.9. The number of Topliss-reactive ketones (excluding diaryl/α,β-unsaturated/α-hetero) is 1. The Morgan fingerprint density at radius 2 is 1.50 bits per heavy atom. The van der Waals surface area contributed by atoms with Crippen molar-refractivity contribution in [1.29, 1.82) is 0 Å². The summed E-state index contributed by atoms with van der Waals surface area (Å²) in [6, 6.07) is 8.32. The summed E-state index contributed by atoms with van der Waals surface area (Å²) in [5.74, 6) is 0.357. The van der Waals surface area contributed by atoms with E-state index >= 15 is 0 Å². The fourth-order valence-electron chi connectivity index (χ4n) is 3.15. The molecule has 0 unspecified atom stereocenters. The van der Waals surface area contributed by atoms with Gasteiger partial charge >= 0.3 is 0 Å². The minimum Gasteiger partial charge on any atom is -0.297 e. The minimum absolute atomic E-state index is 0.297. The minimum atomic E-state index is -0.297. The van der Waals surface area contributed by atoms with Crippen LogP contribution in [0.15, 0.2) is 24.3 Å². The van der Waals surface area contributed by atoms with Crippen LogP contribution in [0.3, 0.4) is 0 Å². The van der Waals surface area contributed by atoms with Crippen molar-refractivity contribution in [2.75, 3.05) is 13.1 Å². The molecular weight excluding hydrogens is 246 g/mol. The molecule has 0 amide bonds. The first-order chi connectivity index (χ1) is 9.53. The summed E-state index contributed by atoms with van der Waals surface area (Å²) in [6.45, 7) is 12.5. The highest BCUT2D eigenvalue weighted by molar-refractivity contribution is 5.90. The number of ketones is 1. The predicted molar refractivity (Wildman–Crippen MR) is 86.1 cm³/mol. The fourth-order valence-corrected chi connectivity index (χ4v) is 3.15. The molecule has 0 fully saturated rings. The van der Waals surface area contributed by atoms with Gasteiger partial charge < -0.3 is 0 Å². The lowest BCUT2D eigenvalue weighted by molar-refractivity contribution is -0.131. The Bertz CT molecular complexity index is 414. The van der Waals surface area contributed by atoms with E-state index in [4.69, 9.17) is 0 Å². The van der Waals surface area contributed by atoms with E-state index < -0.39 is 0 Å². The third-order valence-electron chi connectivity index (χ3n) is 4.54. The van der Waals surface area contributed by atoms with Crippen LogP contribution in [0.1, 0.15) is 51.7 Å². The zero-order valence-electron chi connectivity index (χ0n) is 13.7. The van der Waals surface area contributed by atoms with Crippen LogP contribution < -0.4 is 0 Å². The van der Waals surface area contributed by atoms with E-state index in [1.54, 1.807) is 0 Å². The summed E-state index contributed by atoms with van der Waals surface area (Å²) in [6.07, 6.45) is 2.31. The maximum Gasteiger partial charge on any atom is 0.157 e. The van der Waals surface area contributed by atoms with Crippen LogP contribution in [-0.4, -0.2) is 29.3 Å². The van der Waals surface area contributed by atoms with Crippen LogP contribution in [0.5, 0.6) is 0 Å². The van der Waals surface area contributed by atoms with Gasteiger partial charge in [-0.15, -0.1) is 0 Å². The van der Waals surface area contributed by atoms with E-state index in [0.717, 1.165) is 31.5 Å². The zero-order valence-corrected chi connectivity index (χ0v) is 13.7. The van der Waals surface area contributed by atoms with Gasteiger partial charge in [0.15, 0.2) is 5.78 Å². The van der Waals surface area contributed by atoms with E-state index in [9.17, 15) is 4.79 Å². The molecule has 0 radical (unpaired) electrons. The molecule has 0 atom stereocenters. The number of benzene rings is 1. The van der Waals surface area contributed by atoms with Crippen LogP contribution in [0.4, 0.5) is 0 Å². The van der Waals surface area contributed by atoms with E-state index in [0.29, 0.717) is 12.2 Å². The monoisotopic (exact) mass is 275 g/mol. The molecular formula is C18H29NO. The molecule has 1 aromatic rings. The van der Waals surface area contributed by atoms with Crippen molar-refractivity contribution in [3.05, 3.63) is 35.4 Å². The van der Waals surface area contributed by atoms with Gasteiger partial charge in [-0.1, -0.05) is 57.5 Å². The van der Waals surface area contributed by atoms with Crippen LogP contribution >= 0.6 is 0 Å². The summed E-state index contributed by atoms with van der Waals surface area (Å²) in [7, 11) is 0. The highest BCUT2D eigenvalue weighted by Crippen LogP contribution is 2.26. The van der Waals surface area contributed by atoms with Gasteiger partial charge in [-0.25, -0.2) is 0 Å². The molecule has 0 aliphatic carbocycles. The molecule has 1 rings (SSSR count). The van der Waals surface area contributed by atoms with Crippen LogP contribution in [0, 0.1) is 6.92 Å². The third-order valence-corrected chi connectivity index (χ3v) is 4.54.